The molecular formula is C32H42O16. The standard InChI is InChI=1S/C32H42O16/c1-14-29(47-22(35)7-5-15-4-6-18(41-2)20(10-15)42-3)26(38)28(40)31(44-14)45-19-11-16(12-33)23-17(19)8-9-43-30(23)48-32-27(39)25(37)24(36)21(13-34)46-32/h4-11,14,17,19,21,23-34,36-40H,12-13H2,1-3H3/t14-,17-,19+,21+,23+,24+,25-,26-,27+,28+,29-,30-,31-,32-/m0/s1. The van der Waals surface area contributed by atoms with E-state index in [4.69, 9.17) is 37.9 Å². The third kappa shape index (κ3) is 7.39. The number of methoxy groups -OCH3 is 2. The number of carbonyl (C=O) groups excluding carboxylic acids is 1. The molecule has 1 aromatic carbocycles. The summed E-state index contributed by atoms with van der Waals surface area (Å²) in [5, 5.41) is 72.2. The zero-order valence-electron chi connectivity index (χ0n) is 26.4. The van der Waals surface area contributed by atoms with Crippen LogP contribution < -0.4 is 9.47 Å². The zero-order valence-corrected chi connectivity index (χ0v) is 26.4. The first-order valence-electron chi connectivity index (χ1n) is 15.4. The van der Waals surface area contributed by atoms with E-state index >= 15 is 0 Å². The molecule has 16 heteroatoms. The second-order valence-electron chi connectivity index (χ2n) is 11.8. The van der Waals surface area contributed by atoms with Gasteiger partial charge in [-0.05, 0) is 42.3 Å². The van der Waals surface area contributed by atoms with Crippen molar-refractivity contribution in [3.05, 3.63) is 53.8 Å². The quantitative estimate of drug-likeness (QED) is 0.0786. The van der Waals surface area contributed by atoms with Crippen molar-refractivity contribution in [1.82, 2.24) is 0 Å². The van der Waals surface area contributed by atoms with Gasteiger partial charge in [0.05, 0.1) is 51.8 Å². The average Bonchev–Trinajstić information content (AvgIpc) is 3.46. The van der Waals surface area contributed by atoms with Crippen molar-refractivity contribution >= 4 is 12.0 Å². The van der Waals surface area contributed by atoms with Crippen LogP contribution in [0.25, 0.3) is 6.08 Å². The summed E-state index contributed by atoms with van der Waals surface area (Å²) in [7, 11) is 2.99. The molecule has 4 aliphatic rings. The number of carbonyl (C=O) groups is 1. The summed E-state index contributed by atoms with van der Waals surface area (Å²) in [6.45, 7) is 0.464. The van der Waals surface area contributed by atoms with Crippen LogP contribution in [0.4, 0.5) is 0 Å². The van der Waals surface area contributed by atoms with E-state index in [2.05, 4.69) is 0 Å². The van der Waals surface area contributed by atoms with Gasteiger partial charge in [0.25, 0.3) is 0 Å². The molecule has 2 fully saturated rings. The number of hydrogen-bond acceptors (Lipinski definition) is 16. The molecule has 0 aromatic heterocycles. The summed E-state index contributed by atoms with van der Waals surface area (Å²) < 4.78 is 44.7. The van der Waals surface area contributed by atoms with Crippen LogP contribution in [-0.4, -0.2) is 143 Å². The zero-order chi connectivity index (χ0) is 34.7. The van der Waals surface area contributed by atoms with Gasteiger partial charge < -0.3 is 73.6 Å². The molecule has 0 saturated carbocycles. The predicted octanol–water partition coefficient (Wildman–Crippen LogP) is -1.67. The Hall–Kier alpha value is -3.13. The lowest BCUT2D eigenvalue weighted by Crippen LogP contribution is -2.60. The highest BCUT2D eigenvalue weighted by atomic mass is 16.8. The van der Waals surface area contributed by atoms with Crippen LogP contribution in [0, 0.1) is 11.8 Å². The van der Waals surface area contributed by atoms with Crippen molar-refractivity contribution in [2.45, 2.75) is 80.7 Å². The number of fused-ring (bicyclic) bond motifs is 1. The lowest BCUT2D eigenvalue weighted by molar-refractivity contribution is -0.341. The van der Waals surface area contributed by atoms with Crippen molar-refractivity contribution in [3.8, 4) is 11.5 Å². The van der Waals surface area contributed by atoms with Gasteiger partial charge >= 0.3 is 5.97 Å². The maximum atomic E-state index is 12.6. The summed E-state index contributed by atoms with van der Waals surface area (Å²) in [4.78, 5) is 12.6. The molecule has 14 atom stereocenters. The van der Waals surface area contributed by atoms with Crippen molar-refractivity contribution in [2.24, 2.45) is 11.8 Å². The van der Waals surface area contributed by atoms with Gasteiger partial charge in [0.1, 0.15) is 36.6 Å². The highest BCUT2D eigenvalue weighted by molar-refractivity contribution is 5.87. The smallest absolute Gasteiger partial charge is 0.331 e. The van der Waals surface area contributed by atoms with Crippen LogP contribution in [0.5, 0.6) is 11.5 Å². The first kappa shape index (κ1) is 36.2. The first-order valence-corrected chi connectivity index (χ1v) is 15.4. The van der Waals surface area contributed by atoms with Gasteiger partial charge in [-0.2, -0.15) is 0 Å². The molecule has 1 aromatic rings. The Morgan fingerprint density at radius 2 is 1.58 bits per heavy atom. The summed E-state index contributed by atoms with van der Waals surface area (Å²) in [5.74, 6) is -1.04. The van der Waals surface area contributed by atoms with Crippen molar-refractivity contribution < 1.29 is 78.4 Å². The van der Waals surface area contributed by atoms with Crippen LogP contribution in [0.2, 0.25) is 0 Å². The molecule has 3 aliphatic heterocycles. The minimum atomic E-state index is -1.68. The molecule has 0 unspecified atom stereocenters. The maximum absolute atomic E-state index is 12.6. The summed E-state index contributed by atoms with van der Waals surface area (Å²) in [6.07, 6.45) is -9.11. The number of ether oxygens (including phenoxy) is 8. The van der Waals surface area contributed by atoms with Gasteiger partial charge in [0.2, 0.25) is 6.29 Å². The second kappa shape index (κ2) is 15.6. The molecule has 0 radical (unpaired) electrons. The van der Waals surface area contributed by atoms with Crippen LogP contribution >= 0.6 is 0 Å². The Balaban J connectivity index is 1.21. The van der Waals surface area contributed by atoms with E-state index in [1.54, 1.807) is 37.3 Å². The van der Waals surface area contributed by atoms with Gasteiger partial charge in [-0.3, -0.25) is 0 Å². The summed E-state index contributed by atoms with van der Waals surface area (Å²) >= 11 is 0. The van der Waals surface area contributed by atoms with Gasteiger partial charge in [0.15, 0.2) is 30.2 Å². The Morgan fingerprint density at radius 1 is 0.875 bits per heavy atom. The third-order valence-corrected chi connectivity index (χ3v) is 8.85. The fourth-order valence-corrected chi connectivity index (χ4v) is 6.21. The van der Waals surface area contributed by atoms with E-state index in [1.807, 2.05) is 0 Å². The number of esters is 1. The minimum absolute atomic E-state index is 0.427. The molecule has 48 heavy (non-hydrogen) atoms. The topological polar surface area (TPSA) is 233 Å². The average molecular weight is 683 g/mol. The number of hydrogen-bond donors (Lipinski definition) is 7. The number of aliphatic hydroxyl groups is 7. The molecule has 0 bridgehead atoms. The summed E-state index contributed by atoms with van der Waals surface area (Å²) in [6, 6.07) is 5.05. The first-order chi connectivity index (χ1) is 23.0. The van der Waals surface area contributed by atoms with Crippen LogP contribution in [-0.2, 0) is 33.2 Å². The maximum Gasteiger partial charge on any atom is 0.331 e. The van der Waals surface area contributed by atoms with Gasteiger partial charge in [-0.1, -0.05) is 12.1 Å². The number of aliphatic hydroxyl groups excluding tert-OH is 7. The molecule has 0 spiro atoms. The van der Waals surface area contributed by atoms with Crippen LogP contribution in [0.15, 0.2) is 48.3 Å². The number of benzene rings is 1. The molecule has 266 valence electrons. The SMILES string of the molecule is COc1ccc(C=CC(=O)O[C@@H]2[C@@H](O)[C@@H](O)[C@H](O[C@@H]3C=C(CO)[C@H]4[C@H](O[C@@H]5O[C@H](CO)[C@@H](O)[C@H](O)[C@H]5O)OC=C[C@H]43)O[C@H]2C)cc1OC. The lowest BCUT2D eigenvalue weighted by atomic mass is 9.88. The fourth-order valence-electron chi connectivity index (χ4n) is 6.21. The van der Waals surface area contributed by atoms with Gasteiger partial charge in [0, 0.05) is 12.0 Å². The molecule has 1 aliphatic carbocycles. The minimum Gasteiger partial charge on any atom is -0.493 e. The largest absolute Gasteiger partial charge is 0.493 e. The predicted molar refractivity (Wildman–Crippen MR) is 161 cm³/mol. The van der Waals surface area contributed by atoms with Gasteiger partial charge in [-0.15, -0.1) is 0 Å². The monoisotopic (exact) mass is 682 g/mol. The molecule has 3 heterocycles. The normalized spacial score (nSPS) is 39.4. The molecule has 2 saturated heterocycles. The summed E-state index contributed by atoms with van der Waals surface area (Å²) in [5.41, 5.74) is 1.05. The Bertz CT molecular complexity index is 1350. The van der Waals surface area contributed by atoms with E-state index in [9.17, 15) is 40.5 Å². The highest BCUT2D eigenvalue weighted by Crippen LogP contribution is 2.43. The number of rotatable bonds is 11. The van der Waals surface area contributed by atoms with E-state index in [-0.39, 0.29) is 0 Å². The third-order valence-electron chi connectivity index (χ3n) is 8.85. The van der Waals surface area contributed by atoms with Gasteiger partial charge in [-0.25, -0.2) is 4.79 Å². The molecular weight excluding hydrogens is 640 g/mol. The molecule has 16 nitrogen and oxygen atoms in total. The van der Waals surface area contributed by atoms with E-state index < -0.39 is 105 Å². The fraction of sp³-hybridized carbons (Fsp3) is 0.594. The van der Waals surface area contributed by atoms with E-state index in [0.717, 1.165) is 6.08 Å². The highest BCUT2D eigenvalue weighted by Gasteiger charge is 2.52. The van der Waals surface area contributed by atoms with Crippen molar-refractivity contribution in [3.63, 3.8) is 0 Å². The molecule has 7 N–H and O–H groups in total. The Morgan fingerprint density at radius 3 is 2.27 bits per heavy atom. The Kier molecular flexibility index (Phi) is 11.8. The Labute approximate surface area is 275 Å². The van der Waals surface area contributed by atoms with E-state index in [0.29, 0.717) is 22.6 Å². The second-order valence-corrected chi connectivity index (χ2v) is 11.8. The molecule has 0 amide bonds. The van der Waals surface area contributed by atoms with Crippen molar-refractivity contribution in [1.29, 1.82) is 0 Å². The lowest BCUT2D eigenvalue weighted by Gasteiger charge is -2.43. The molecule has 5 rings (SSSR count). The van der Waals surface area contributed by atoms with Crippen LogP contribution in [0.1, 0.15) is 12.5 Å². The van der Waals surface area contributed by atoms with Crippen LogP contribution in [0.3, 0.4) is 0 Å². The van der Waals surface area contributed by atoms with E-state index in [1.165, 1.54) is 26.6 Å². The van der Waals surface area contributed by atoms with Crippen molar-refractivity contribution in [2.75, 3.05) is 27.4 Å².